The number of rotatable bonds is 7. The van der Waals surface area contributed by atoms with Gasteiger partial charge in [0.1, 0.15) is 12.4 Å². The Labute approximate surface area is 213 Å². The minimum atomic E-state index is -4.92. The number of halogens is 6. The number of amides is 1. The summed E-state index contributed by atoms with van der Waals surface area (Å²) in [5, 5.41) is 5.06. The fourth-order valence-corrected chi connectivity index (χ4v) is 5.10. The summed E-state index contributed by atoms with van der Waals surface area (Å²) in [6.07, 6.45) is -7.96. The van der Waals surface area contributed by atoms with Crippen LogP contribution < -0.4 is 19.6 Å². The summed E-state index contributed by atoms with van der Waals surface area (Å²) in [7, 11) is -1.96. The van der Waals surface area contributed by atoms with E-state index >= 15 is 0 Å². The van der Waals surface area contributed by atoms with Crippen molar-refractivity contribution in [1.82, 2.24) is 20.1 Å². The summed E-state index contributed by atoms with van der Waals surface area (Å²) < 4.78 is 94.4. The van der Waals surface area contributed by atoms with Crippen LogP contribution in [0.15, 0.2) is 23.3 Å². The van der Waals surface area contributed by atoms with Crippen molar-refractivity contribution in [3.63, 3.8) is 0 Å². The molecule has 1 fully saturated rings. The number of hydrogen-bond acceptors (Lipinski definition) is 8. The van der Waals surface area contributed by atoms with Crippen LogP contribution in [0, 0.1) is 0 Å². The molecular formula is C21H22F6N5O5Si. The van der Waals surface area contributed by atoms with Crippen molar-refractivity contribution in [3.8, 4) is 11.5 Å². The lowest BCUT2D eigenvalue weighted by atomic mass is 10.1. The number of alkyl halides is 6. The molecular weight excluding hydrogens is 544 g/mol. The van der Waals surface area contributed by atoms with Crippen LogP contribution in [-0.4, -0.2) is 80.1 Å². The third kappa shape index (κ3) is 6.20. The third-order valence-corrected chi connectivity index (χ3v) is 7.03. The Bertz CT molecular complexity index is 1230. The molecule has 1 N–H and O–H groups in total. The second-order valence-corrected chi connectivity index (χ2v) is 10.5. The van der Waals surface area contributed by atoms with Crippen molar-refractivity contribution in [3.05, 3.63) is 39.9 Å². The molecule has 2 aliphatic rings. The van der Waals surface area contributed by atoms with Crippen LogP contribution in [0.3, 0.4) is 0 Å². The van der Waals surface area contributed by atoms with Gasteiger partial charge in [-0.15, -0.1) is 0 Å². The second kappa shape index (κ2) is 10.8. The van der Waals surface area contributed by atoms with Crippen LogP contribution in [-0.2, 0) is 21.9 Å². The zero-order valence-electron chi connectivity index (χ0n) is 19.9. The molecule has 2 aromatic heterocycles. The highest BCUT2D eigenvalue weighted by atomic mass is 28.3. The van der Waals surface area contributed by atoms with Gasteiger partial charge in [-0.3, -0.25) is 9.59 Å². The topological polar surface area (TPSA) is 110 Å². The summed E-state index contributed by atoms with van der Waals surface area (Å²) in [6.45, 7) is 2.58. The van der Waals surface area contributed by atoms with Crippen LogP contribution in [0.1, 0.15) is 17.5 Å². The first-order chi connectivity index (χ1) is 17.8. The predicted molar refractivity (Wildman–Crippen MR) is 120 cm³/mol. The molecule has 4 heterocycles. The van der Waals surface area contributed by atoms with Crippen molar-refractivity contribution < 1.29 is 45.0 Å². The summed E-state index contributed by atoms with van der Waals surface area (Å²) in [5.74, 6) is -0.566. The van der Waals surface area contributed by atoms with E-state index in [2.05, 4.69) is 10.1 Å². The van der Waals surface area contributed by atoms with Crippen LogP contribution in [0.2, 0.25) is 6.55 Å². The third-order valence-electron chi connectivity index (χ3n) is 5.85. The molecule has 10 nitrogen and oxygen atoms in total. The number of H-pyrrole nitrogens is 1. The molecule has 0 aliphatic carbocycles. The Balaban J connectivity index is 1.24. The molecule has 207 valence electrons. The molecule has 2 aliphatic heterocycles. The lowest BCUT2D eigenvalue weighted by Gasteiger charge is -2.44. The number of fused-ring (bicyclic) bond motifs is 3. The van der Waals surface area contributed by atoms with Gasteiger partial charge < -0.3 is 23.7 Å². The number of carbonyl (C=O) groups is 1. The zero-order chi connectivity index (χ0) is 27.7. The fraction of sp³-hybridized carbons (Fsp3) is 0.524. The maximum Gasteiger partial charge on any atom is 0.425 e. The number of piperazine rings is 1. The number of nitrogens with zero attached hydrogens (tertiary/aromatic N) is 4. The number of hydrogen-bond donors (Lipinski definition) is 1. The van der Waals surface area contributed by atoms with E-state index in [1.165, 1.54) is 0 Å². The summed E-state index contributed by atoms with van der Waals surface area (Å²) >= 11 is 0. The molecule has 17 heteroatoms. The van der Waals surface area contributed by atoms with Crippen molar-refractivity contribution in [1.29, 1.82) is 0 Å². The molecule has 1 atom stereocenters. The fourth-order valence-electron chi connectivity index (χ4n) is 4.08. The first kappa shape index (κ1) is 27.7. The lowest BCUT2D eigenvalue weighted by Crippen LogP contribution is -2.58. The number of ether oxygens (including phenoxy) is 2. The van der Waals surface area contributed by atoms with Gasteiger partial charge in [0, 0.05) is 25.8 Å². The molecule has 2 aromatic rings. The van der Waals surface area contributed by atoms with Gasteiger partial charge in [0.15, 0.2) is 17.1 Å². The normalized spacial score (nSPS) is 17.6. The first-order valence-corrected chi connectivity index (χ1v) is 13.4. The van der Waals surface area contributed by atoms with E-state index in [1.54, 1.807) is 16.5 Å². The molecule has 1 radical (unpaired) electrons. The Kier molecular flexibility index (Phi) is 7.87. The van der Waals surface area contributed by atoms with E-state index < -0.39 is 43.8 Å². The van der Waals surface area contributed by atoms with Crippen LogP contribution in [0.25, 0.3) is 0 Å². The van der Waals surface area contributed by atoms with Gasteiger partial charge in [-0.25, -0.2) is 10.1 Å². The van der Waals surface area contributed by atoms with Crippen molar-refractivity contribution in [2.24, 2.45) is 0 Å². The molecule has 0 unspecified atom stereocenters. The van der Waals surface area contributed by atoms with Gasteiger partial charge in [0.25, 0.3) is 5.56 Å². The van der Waals surface area contributed by atoms with Crippen LogP contribution >= 0.6 is 0 Å². The quantitative estimate of drug-likeness (QED) is 0.309. The van der Waals surface area contributed by atoms with E-state index in [1.807, 2.05) is 4.90 Å². The summed E-state index contributed by atoms with van der Waals surface area (Å²) in [5.41, 5.74) is -3.79. The standard InChI is InChI=1S/C21H22F6N5O5Si/c1-38(37-15-8-29-30-19(34)17(15)21(25,26)27)11-35-5-2-16(33)31-3-4-32-13(9-31)10-36-14-6-12(20(22,23)24)7-28-18(14)32/h6-8,13H,2-5,9-11H2,1H3,(H,30,34)/t13-/m0/s1. The molecule has 4 rings (SSSR count). The van der Waals surface area contributed by atoms with Crippen molar-refractivity contribution >= 4 is 20.8 Å². The maximum absolute atomic E-state index is 13.1. The van der Waals surface area contributed by atoms with Gasteiger partial charge in [-0.1, -0.05) is 0 Å². The number of aromatic amines is 1. The van der Waals surface area contributed by atoms with Gasteiger partial charge in [-0.2, -0.15) is 31.4 Å². The van der Waals surface area contributed by atoms with Crippen LogP contribution in [0.5, 0.6) is 11.5 Å². The lowest BCUT2D eigenvalue weighted by molar-refractivity contribution is -0.140. The SMILES string of the molecule is C[Si](COCCC(=O)N1CCN2c3ncc(C(F)(F)F)cc3OC[C@@H]2C1)Oc1cn[nH]c(=O)c1C(F)(F)F. The minimum Gasteiger partial charge on any atom is -0.538 e. The summed E-state index contributed by atoms with van der Waals surface area (Å²) in [6, 6.07) is 0.631. The monoisotopic (exact) mass is 566 g/mol. The van der Waals surface area contributed by atoms with E-state index in [-0.39, 0.29) is 50.1 Å². The molecule has 1 amide bonds. The van der Waals surface area contributed by atoms with Gasteiger partial charge in [-0.05, 0) is 12.6 Å². The molecule has 1 saturated heterocycles. The molecule has 38 heavy (non-hydrogen) atoms. The molecule has 0 spiro atoms. The number of nitrogens with one attached hydrogen (secondary N) is 1. The number of pyridine rings is 1. The Morgan fingerprint density at radius 3 is 2.68 bits per heavy atom. The van der Waals surface area contributed by atoms with Crippen molar-refractivity contribution in [2.75, 3.05) is 44.0 Å². The van der Waals surface area contributed by atoms with E-state index in [9.17, 15) is 35.9 Å². The number of carbonyl (C=O) groups excluding carboxylic acids is 1. The Hall–Kier alpha value is -3.34. The number of anilines is 1. The highest BCUT2D eigenvalue weighted by Gasteiger charge is 2.39. The highest BCUT2D eigenvalue weighted by molar-refractivity contribution is 6.50. The zero-order valence-corrected chi connectivity index (χ0v) is 20.9. The molecule has 0 saturated carbocycles. The smallest absolute Gasteiger partial charge is 0.425 e. The Morgan fingerprint density at radius 2 is 1.97 bits per heavy atom. The average Bonchev–Trinajstić information content (AvgIpc) is 2.84. The van der Waals surface area contributed by atoms with Gasteiger partial charge >= 0.3 is 21.4 Å². The Morgan fingerprint density at radius 1 is 1.21 bits per heavy atom. The van der Waals surface area contributed by atoms with E-state index in [0.29, 0.717) is 18.9 Å². The highest BCUT2D eigenvalue weighted by Crippen LogP contribution is 2.38. The second-order valence-electron chi connectivity index (χ2n) is 8.58. The van der Waals surface area contributed by atoms with E-state index in [0.717, 1.165) is 18.5 Å². The van der Waals surface area contributed by atoms with Gasteiger partial charge in [0.2, 0.25) is 5.91 Å². The molecule has 0 aromatic carbocycles. The average molecular weight is 567 g/mol. The molecule has 0 bridgehead atoms. The summed E-state index contributed by atoms with van der Waals surface area (Å²) in [4.78, 5) is 31.5. The maximum atomic E-state index is 13.1. The first-order valence-electron chi connectivity index (χ1n) is 11.3. The van der Waals surface area contributed by atoms with Gasteiger partial charge in [0.05, 0.1) is 37.1 Å². The number of aromatic nitrogens is 3. The van der Waals surface area contributed by atoms with E-state index in [4.69, 9.17) is 13.9 Å². The largest absolute Gasteiger partial charge is 0.538 e. The van der Waals surface area contributed by atoms with Crippen molar-refractivity contribution in [2.45, 2.75) is 31.4 Å². The van der Waals surface area contributed by atoms with Crippen LogP contribution in [0.4, 0.5) is 32.2 Å². The minimum absolute atomic E-state index is 0.00403. The predicted octanol–water partition coefficient (Wildman–Crippen LogP) is 2.26.